The average molecular weight is 468 g/mol. The maximum absolute atomic E-state index is 12.8. The van der Waals surface area contributed by atoms with Crippen LogP contribution in [-0.4, -0.2) is 29.9 Å². The average Bonchev–Trinajstić information content (AvgIpc) is 2.61. The summed E-state index contributed by atoms with van der Waals surface area (Å²) in [7, 11) is -4.69. The van der Waals surface area contributed by atoms with Gasteiger partial charge in [-0.2, -0.15) is 13.2 Å². The molecule has 30 heavy (non-hydrogen) atoms. The van der Waals surface area contributed by atoms with Gasteiger partial charge in [0, 0.05) is 6.07 Å². The number of benzene rings is 2. The van der Waals surface area contributed by atoms with Crippen molar-refractivity contribution in [1.29, 1.82) is 0 Å². The van der Waals surface area contributed by atoms with E-state index in [4.69, 9.17) is 11.6 Å². The zero-order valence-corrected chi connectivity index (χ0v) is 15.9. The Labute approximate surface area is 170 Å². The molecular formula is C15H9ClF3N3O7S. The Morgan fingerprint density at radius 3 is 2.23 bits per heavy atom. The van der Waals surface area contributed by atoms with Gasteiger partial charge in [0.2, 0.25) is 5.91 Å². The van der Waals surface area contributed by atoms with Gasteiger partial charge in [-0.25, -0.2) is 8.42 Å². The van der Waals surface area contributed by atoms with Gasteiger partial charge in [-0.05, 0) is 24.3 Å². The predicted octanol–water partition coefficient (Wildman–Crippen LogP) is 3.59. The predicted molar refractivity (Wildman–Crippen MR) is 96.9 cm³/mol. The molecule has 0 saturated carbocycles. The number of non-ortho nitro benzene ring substituents is 1. The molecule has 0 aliphatic rings. The number of amides is 1. The first-order chi connectivity index (χ1) is 13.7. The standard InChI is InChI=1S/C15H9ClF3N3O7S/c16-10-3-1-8(15(17,18)19)5-11(10)20-14(23)7-30(28,29)13-4-2-9(21(24)25)6-12(13)22(26)27/h1-6H,7H2,(H,20,23). The first kappa shape index (κ1) is 23.0. The van der Waals surface area contributed by atoms with E-state index >= 15 is 0 Å². The minimum Gasteiger partial charge on any atom is -0.324 e. The highest BCUT2D eigenvalue weighted by molar-refractivity contribution is 7.92. The summed E-state index contributed by atoms with van der Waals surface area (Å²) in [5.74, 6) is -2.72. The van der Waals surface area contributed by atoms with Crippen molar-refractivity contribution in [3.63, 3.8) is 0 Å². The van der Waals surface area contributed by atoms with Crippen molar-refractivity contribution in [3.05, 3.63) is 67.2 Å². The number of hydrogen-bond acceptors (Lipinski definition) is 7. The topological polar surface area (TPSA) is 150 Å². The summed E-state index contributed by atoms with van der Waals surface area (Å²) >= 11 is 5.71. The van der Waals surface area contributed by atoms with E-state index in [0.717, 1.165) is 6.07 Å². The molecule has 0 aliphatic carbocycles. The molecule has 0 atom stereocenters. The fraction of sp³-hybridized carbons (Fsp3) is 0.133. The summed E-state index contributed by atoms with van der Waals surface area (Å²) < 4.78 is 63.1. The van der Waals surface area contributed by atoms with E-state index in [1.54, 1.807) is 0 Å². The number of nitro benzene ring substituents is 2. The monoisotopic (exact) mass is 467 g/mol. The van der Waals surface area contributed by atoms with Gasteiger partial charge in [-0.3, -0.25) is 25.0 Å². The van der Waals surface area contributed by atoms with E-state index < -0.39 is 65.0 Å². The highest BCUT2D eigenvalue weighted by Crippen LogP contribution is 2.34. The van der Waals surface area contributed by atoms with Crippen LogP contribution in [-0.2, 0) is 20.8 Å². The van der Waals surface area contributed by atoms with Crippen LogP contribution in [0.1, 0.15) is 5.56 Å². The largest absolute Gasteiger partial charge is 0.416 e. The zero-order chi connectivity index (χ0) is 22.9. The molecule has 10 nitrogen and oxygen atoms in total. The third-order valence-corrected chi connectivity index (χ3v) is 5.56. The Hall–Kier alpha value is -3.26. The van der Waals surface area contributed by atoms with Crippen molar-refractivity contribution in [1.82, 2.24) is 0 Å². The Kier molecular flexibility index (Phi) is 6.32. The molecule has 0 saturated heterocycles. The zero-order valence-electron chi connectivity index (χ0n) is 14.3. The highest BCUT2D eigenvalue weighted by Gasteiger charge is 2.32. The van der Waals surface area contributed by atoms with E-state index in [1.807, 2.05) is 5.32 Å². The molecule has 15 heteroatoms. The van der Waals surface area contributed by atoms with Crippen molar-refractivity contribution in [3.8, 4) is 0 Å². The normalized spacial score (nSPS) is 11.7. The van der Waals surface area contributed by atoms with Gasteiger partial charge in [0.25, 0.3) is 11.4 Å². The number of nitrogens with one attached hydrogen (secondary N) is 1. The molecule has 0 bridgehead atoms. The maximum atomic E-state index is 12.8. The van der Waals surface area contributed by atoms with Gasteiger partial charge < -0.3 is 5.32 Å². The third kappa shape index (κ3) is 5.21. The third-order valence-electron chi connectivity index (χ3n) is 3.57. The fourth-order valence-corrected chi connectivity index (χ4v) is 3.72. The molecule has 0 radical (unpaired) electrons. The molecule has 2 aromatic rings. The second-order valence-corrected chi connectivity index (χ2v) is 8.03. The minimum absolute atomic E-state index is 0.310. The molecule has 0 aliphatic heterocycles. The van der Waals surface area contributed by atoms with Crippen molar-refractivity contribution < 1.29 is 36.2 Å². The van der Waals surface area contributed by atoms with Crippen molar-refractivity contribution >= 4 is 44.4 Å². The van der Waals surface area contributed by atoms with Crippen LogP contribution in [0.15, 0.2) is 41.3 Å². The van der Waals surface area contributed by atoms with Crippen LogP contribution in [0.5, 0.6) is 0 Å². The highest BCUT2D eigenvalue weighted by atomic mass is 35.5. The van der Waals surface area contributed by atoms with E-state index in [0.29, 0.717) is 30.3 Å². The lowest BCUT2D eigenvalue weighted by atomic mass is 10.2. The summed E-state index contributed by atoms with van der Waals surface area (Å²) in [6.45, 7) is 0. The van der Waals surface area contributed by atoms with Crippen molar-refractivity contribution in [2.75, 3.05) is 11.1 Å². The SMILES string of the molecule is O=C(CS(=O)(=O)c1ccc([N+](=O)[O-])cc1[N+](=O)[O-])Nc1cc(C(F)(F)F)ccc1Cl. The molecule has 0 aromatic heterocycles. The molecule has 0 heterocycles. The van der Waals surface area contributed by atoms with Crippen LogP contribution in [0.2, 0.25) is 5.02 Å². The first-order valence-electron chi connectivity index (χ1n) is 7.54. The molecule has 1 amide bonds. The summed E-state index contributed by atoms with van der Waals surface area (Å²) in [5, 5.41) is 23.4. The summed E-state index contributed by atoms with van der Waals surface area (Å²) in [4.78, 5) is 30.7. The lowest BCUT2D eigenvalue weighted by molar-refractivity contribution is -0.396. The summed E-state index contributed by atoms with van der Waals surface area (Å²) in [6, 6.07) is 3.68. The number of nitrogens with zero attached hydrogens (tertiary/aromatic N) is 2. The van der Waals surface area contributed by atoms with Gasteiger partial charge >= 0.3 is 6.18 Å². The quantitative estimate of drug-likeness (QED) is 0.503. The van der Waals surface area contributed by atoms with Crippen LogP contribution < -0.4 is 5.32 Å². The molecule has 0 unspecified atom stereocenters. The smallest absolute Gasteiger partial charge is 0.324 e. The van der Waals surface area contributed by atoms with Crippen LogP contribution in [0.3, 0.4) is 0 Å². The summed E-state index contributed by atoms with van der Waals surface area (Å²) in [5.41, 5.74) is -3.56. The van der Waals surface area contributed by atoms with E-state index in [9.17, 15) is 46.6 Å². The number of rotatable bonds is 6. The summed E-state index contributed by atoms with van der Waals surface area (Å²) in [6.07, 6.45) is -4.75. The second kappa shape index (κ2) is 8.23. The lowest BCUT2D eigenvalue weighted by Gasteiger charge is -2.12. The van der Waals surface area contributed by atoms with Crippen molar-refractivity contribution in [2.24, 2.45) is 0 Å². The number of hydrogen-bond donors (Lipinski definition) is 1. The first-order valence-corrected chi connectivity index (χ1v) is 9.57. The number of sulfone groups is 1. The van der Waals surface area contributed by atoms with E-state index in [2.05, 4.69) is 0 Å². The molecule has 0 spiro atoms. The molecule has 160 valence electrons. The molecule has 2 aromatic carbocycles. The number of carbonyl (C=O) groups is 1. The Balaban J connectivity index is 2.34. The number of alkyl halides is 3. The van der Waals surface area contributed by atoms with Crippen molar-refractivity contribution in [2.45, 2.75) is 11.1 Å². The second-order valence-electron chi connectivity index (χ2n) is 5.67. The number of carbonyl (C=O) groups excluding carboxylic acids is 1. The van der Waals surface area contributed by atoms with Crippen LogP contribution in [0.4, 0.5) is 30.2 Å². The van der Waals surface area contributed by atoms with Gasteiger partial charge in [-0.1, -0.05) is 11.6 Å². The number of anilines is 1. The Morgan fingerprint density at radius 1 is 1.07 bits per heavy atom. The van der Waals surface area contributed by atoms with Gasteiger partial charge in [-0.15, -0.1) is 0 Å². The number of nitro groups is 2. The molecular weight excluding hydrogens is 459 g/mol. The van der Waals surface area contributed by atoms with Crippen LogP contribution >= 0.6 is 11.6 Å². The van der Waals surface area contributed by atoms with Crippen LogP contribution in [0, 0.1) is 20.2 Å². The molecule has 0 fully saturated rings. The van der Waals surface area contributed by atoms with E-state index in [1.165, 1.54) is 0 Å². The van der Waals surface area contributed by atoms with Gasteiger partial charge in [0.05, 0.1) is 32.2 Å². The molecule has 1 N–H and O–H groups in total. The van der Waals surface area contributed by atoms with E-state index in [-0.39, 0.29) is 5.02 Å². The fourth-order valence-electron chi connectivity index (χ4n) is 2.26. The molecule has 2 rings (SSSR count). The lowest BCUT2D eigenvalue weighted by Crippen LogP contribution is -2.24. The Morgan fingerprint density at radius 2 is 1.70 bits per heavy atom. The van der Waals surface area contributed by atoms with Gasteiger partial charge in [0.1, 0.15) is 10.6 Å². The number of halogens is 4. The Bertz CT molecular complexity index is 1150. The maximum Gasteiger partial charge on any atom is 0.416 e. The minimum atomic E-state index is -4.75. The van der Waals surface area contributed by atoms with Crippen LogP contribution in [0.25, 0.3) is 0 Å². The van der Waals surface area contributed by atoms with Gasteiger partial charge in [0.15, 0.2) is 9.84 Å².